The highest BCUT2D eigenvalue weighted by atomic mass is 35.5. The highest BCUT2D eigenvalue weighted by Crippen LogP contribution is 2.31. The van der Waals surface area contributed by atoms with E-state index in [9.17, 15) is 0 Å². The van der Waals surface area contributed by atoms with Gasteiger partial charge in [0, 0.05) is 52.7 Å². The van der Waals surface area contributed by atoms with Crippen molar-refractivity contribution < 1.29 is 9.47 Å². The third-order valence-corrected chi connectivity index (χ3v) is 12.4. The monoisotopic (exact) mass is 728 g/mol. The third-order valence-electron chi connectivity index (χ3n) is 7.61. The highest BCUT2D eigenvalue weighted by Gasteiger charge is 2.17. The molecule has 13 heteroatoms. The maximum Gasteiger partial charge on any atom is 0.190 e. The number of rotatable bonds is 13. The summed E-state index contributed by atoms with van der Waals surface area (Å²) in [6.07, 6.45) is 7.97. The van der Waals surface area contributed by atoms with E-state index in [4.69, 9.17) is 31.0 Å². The molecule has 0 fully saturated rings. The molecule has 254 valence electrons. The van der Waals surface area contributed by atoms with Gasteiger partial charge in [-0.3, -0.25) is 0 Å². The summed E-state index contributed by atoms with van der Waals surface area (Å²) in [6, 6.07) is 12.9. The number of aromatic nitrogens is 6. The Morgan fingerprint density at radius 3 is 1.72 bits per heavy atom. The molecule has 0 saturated carbocycles. The number of benzene rings is 1. The lowest BCUT2D eigenvalue weighted by Gasteiger charge is -2.16. The summed E-state index contributed by atoms with van der Waals surface area (Å²) in [6.45, 7) is 21.1. The fourth-order valence-corrected chi connectivity index (χ4v) is 7.32. The molecule has 5 rings (SSSR count). The molecule has 4 aromatic heterocycles. The van der Waals surface area contributed by atoms with E-state index >= 15 is 0 Å². The number of fused-ring (bicyclic) bond motifs is 2. The van der Waals surface area contributed by atoms with Gasteiger partial charge < -0.3 is 18.6 Å². The molecule has 47 heavy (non-hydrogen) atoms. The van der Waals surface area contributed by atoms with Crippen LogP contribution in [0.2, 0.25) is 56.5 Å². The Morgan fingerprint density at radius 1 is 0.702 bits per heavy atom. The molecule has 0 bridgehead atoms. The van der Waals surface area contributed by atoms with E-state index < -0.39 is 16.1 Å². The van der Waals surface area contributed by atoms with Gasteiger partial charge in [0.15, 0.2) is 10.3 Å². The van der Waals surface area contributed by atoms with Gasteiger partial charge in [-0.15, -0.1) is 0 Å². The fourth-order valence-electron chi connectivity index (χ4n) is 4.81. The molecule has 0 saturated heterocycles. The van der Waals surface area contributed by atoms with Crippen LogP contribution in [0.3, 0.4) is 0 Å². The lowest BCUT2D eigenvalue weighted by Crippen LogP contribution is -2.22. The Hall–Kier alpha value is -2.20. The highest BCUT2D eigenvalue weighted by molar-refractivity contribution is 7.98. The molecule has 4 heterocycles. The van der Waals surface area contributed by atoms with E-state index in [-0.39, 0.29) is 0 Å². The van der Waals surface area contributed by atoms with Crippen molar-refractivity contribution in [2.45, 2.75) is 89.0 Å². The SMILES string of the molecule is CSc1nc(-c2ccc(C)cc2C)c2ccn(COCC[Si](C)(C)C)c2n1.CSc1nc(Cl)c2ccn(COCC[Si](C)(C)C)c2n1. The summed E-state index contributed by atoms with van der Waals surface area (Å²) >= 11 is 9.22. The second-order valence-electron chi connectivity index (χ2n) is 14.1. The minimum atomic E-state index is -1.07. The van der Waals surface area contributed by atoms with Crippen LogP contribution in [0.4, 0.5) is 0 Å². The molecule has 0 N–H and O–H groups in total. The molecule has 8 nitrogen and oxygen atoms in total. The van der Waals surface area contributed by atoms with Crippen molar-refractivity contribution in [2.24, 2.45) is 0 Å². The molecule has 0 atom stereocenters. The van der Waals surface area contributed by atoms with Gasteiger partial charge in [-0.05, 0) is 56.1 Å². The summed E-state index contributed by atoms with van der Waals surface area (Å²) in [5.41, 5.74) is 6.45. The van der Waals surface area contributed by atoms with Crippen LogP contribution in [0.5, 0.6) is 0 Å². The summed E-state index contributed by atoms with van der Waals surface area (Å²) in [4.78, 5) is 18.3. The van der Waals surface area contributed by atoms with Crippen molar-refractivity contribution in [1.82, 2.24) is 29.1 Å². The largest absolute Gasteiger partial charge is 0.361 e. The Morgan fingerprint density at radius 2 is 1.21 bits per heavy atom. The normalized spacial score (nSPS) is 12.1. The molecule has 0 aliphatic rings. The third kappa shape index (κ3) is 10.6. The number of hydrogen-bond donors (Lipinski definition) is 0. The first-order valence-corrected chi connectivity index (χ1v) is 26.1. The van der Waals surface area contributed by atoms with Crippen molar-refractivity contribution in [2.75, 3.05) is 25.7 Å². The first kappa shape index (κ1) is 37.6. The predicted molar refractivity (Wildman–Crippen MR) is 207 cm³/mol. The molecule has 5 aromatic rings. The number of nitrogens with zero attached hydrogens (tertiary/aromatic N) is 6. The first-order valence-electron chi connectivity index (χ1n) is 15.9. The van der Waals surface area contributed by atoms with Crippen molar-refractivity contribution in [3.63, 3.8) is 0 Å². The number of halogens is 1. The summed E-state index contributed by atoms with van der Waals surface area (Å²) in [7, 11) is -2.12. The van der Waals surface area contributed by atoms with E-state index in [0.29, 0.717) is 23.8 Å². The van der Waals surface area contributed by atoms with Gasteiger partial charge in [0.25, 0.3) is 0 Å². The van der Waals surface area contributed by atoms with Gasteiger partial charge >= 0.3 is 0 Å². The predicted octanol–water partition coefficient (Wildman–Crippen LogP) is 9.87. The molecule has 0 spiro atoms. The molecule has 0 aliphatic heterocycles. The van der Waals surface area contributed by atoms with Gasteiger partial charge in [-0.1, -0.05) is 98.2 Å². The number of aryl methyl sites for hydroxylation is 2. The van der Waals surface area contributed by atoms with Gasteiger partial charge in [-0.2, -0.15) is 0 Å². The topological polar surface area (TPSA) is 79.9 Å². The molecule has 0 amide bonds. The van der Waals surface area contributed by atoms with Gasteiger partial charge in [0.05, 0.1) is 11.1 Å². The summed E-state index contributed by atoms with van der Waals surface area (Å²) < 4.78 is 15.8. The van der Waals surface area contributed by atoms with E-state index in [2.05, 4.69) is 98.1 Å². The van der Waals surface area contributed by atoms with Crippen LogP contribution in [-0.2, 0) is 22.9 Å². The molecular weight excluding hydrogens is 680 g/mol. The molecule has 0 aliphatic carbocycles. The average Bonchev–Trinajstić information content (AvgIpc) is 3.61. The van der Waals surface area contributed by atoms with Crippen LogP contribution < -0.4 is 0 Å². The Bertz CT molecular complexity index is 1800. The van der Waals surface area contributed by atoms with Crippen LogP contribution in [0.15, 0.2) is 53.0 Å². The zero-order valence-electron chi connectivity index (χ0n) is 29.5. The van der Waals surface area contributed by atoms with Gasteiger partial charge in [-0.25, -0.2) is 19.9 Å². The maximum atomic E-state index is 6.16. The molecule has 0 unspecified atom stereocenters. The van der Waals surface area contributed by atoms with Gasteiger partial charge in [0.1, 0.15) is 29.9 Å². The lowest BCUT2D eigenvalue weighted by molar-refractivity contribution is 0.0897. The summed E-state index contributed by atoms with van der Waals surface area (Å²) in [5, 5.41) is 3.93. The Labute approximate surface area is 295 Å². The van der Waals surface area contributed by atoms with E-state index in [1.165, 1.54) is 34.5 Å². The van der Waals surface area contributed by atoms with Crippen molar-refractivity contribution >= 4 is 73.3 Å². The maximum absolute atomic E-state index is 6.16. The quantitative estimate of drug-likeness (QED) is 0.0390. The number of hydrogen-bond acceptors (Lipinski definition) is 8. The molecule has 1 aromatic carbocycles. The smallest absolute Gasteiger partial charge is 0.190 e. The second-order valence-corrected chi connectivity index (χ2v) is 27.3. The minimum absolute atomic E-state index is 0.500. The van der Waals surface area contributed by atoms with Crippen LogP contribution >= 0.6 is 35.1 Å². The minimum Gasteiger partial charge on any atom is -0.361 e. The number of thioether (sulfide) groups is 2. The average molecular weight is 730 g/mol. The number of ether oxygens (including phenoxy) is 2. The molecular formula is C34H49ClN6O2S2Si2. The van der Waals surface area contributed by atoms with E-state index in [1.54, 1.807) is 11.8 Å². The van der Waals surface area contributed by atoms with Gasteiger partial charge in [0.2, 0.25) is 0 Å². The van der Waals surface area contributed by atoms with E-state index in [1.807, 2.05) is 29.3 Å². The van der Waals surface area contributed by atoms with Crippen molar-refractivity contribution in [3.05, 3.63) is 59.0 Å². The van der Waals surface area contributed by atoms with Crippen LogP contribution in [0.25, 0.3) is 33.3 Å². The van der Waals surface area contributed by atoms with Crippen LogP contribution in [0, 0.1) is 13.8 Å². The summed E-state index contributed by atoms with van der Waals surface area (Å²) in [5.74, 6) is 0. The molecule has 0 radical (unpaired) electrons. The van der Waals surface area contributed by atoms with Crippen molar-refractivity contribution in [3.8, 4) is 11.3 Å². The Kier molecular flexibility index (Phi) is 13.2. The van der Waals surface area contributed by atoms with E-state index in [0.717, 1.165) is 52.2 Å². The fraction of sp³-hybridized carbons (Fsp3) is 0.471. The zero-order valence-corrected chi connectivity index (χ0v) is 33.9. The second kappa shape index (κ2) is 16.5. The van der Waals surface area contributed by atoms with Crippen LogP contribution in [0.1, 0.15) is 11.1 Å². The van der Waals surface area contributed by atoms with Crippen LogP contribution in [-0.4, -0.2) is 70.9 Å². The standard InChI is InChI=1S/C21H29N3OSSi.C13H20ClN3OSSi/c1-15-7-8-17(16(2)13-15)19-18-9-10-24(14-25-11-12-27(4,5)6)20(18)23-21(22-19)26-3;1-19-13-15-11(14)10-5-6-17(12(10)16-13)9-18-7-8-20(2,3)4/h7-10,13H,11-12,14H2,1-6H3;5-6H,7-9H2,1-4H3. The zero-order chi connectivity index (χ0) is 34.4. The van der Waals surface area contributed by atoms with Crippen molar-refractivity contribution in [1.29, 1.82) is 0 Å². The lowest BCUT2D eigenvalue weighted by atomic mass is 10.0. The first-order chi connectivity index (χ1) is 22.2. The Balaban J connectivity index is 0.000000223.